The lowest BCUT2D eigenvalue weighted by Crippen LogP contribution is -2.13. The van der Waals surface area contributed by atoms with Crippen LogP contribution in [0.2, 0.25) is 0 Å². The second-order valence-electron chi connectivity index (χ2n) is 6.45. The van der Waals surface area contributed by atoms with Crippen LogP contribution in [-0.2, 0) is 0 Å². The zero-order valence-electron chi connectivity index (χ0n) is 15.2. The minimum absolute atomic E-state index is 0.0404. The summed E-state index contributed by atoms with van der Waals surface area (Å²) in [7, 11) is 1.95. The quantitative estimate of drug-likeness (QED) is 0.504. The molecule has 0 bridgehead atoms. The normalized spacial score (nSPS) is 12.2. The number of nitrogens with one attached hydrogen (secondary N) is 1. The maximum absolute atomic E-state index is 12.7. The molecule has 1 atom stereocenters. The fourth-order valence-corrected chi connectivity index (χ4v) is 3.04. The lowest BCUT2D eigenvalue weighted by atomic mass is 9.98. The number of nitrogens with two attached hydrogens (primary N) is 1. The molecule has 0 saturated carbocycles. The van der Waals surface area contributed by atoms with Crippen LogP contribution in [0.5, 0.6) is 0 Å². The molecule has 3 rings (SSSR count). The van der Waals surface area contributed by atoms with Gasteiger partial charge in [-0.25, -0.2) is 4.98 Å². The predicted octanol–water partition coefficient (Wildman–Crippen LogP) is 3.55. The highest BCUT2D eigenvalue weighted by atomic mass is 16.1. The van der Waals surface area contributed by atoms with Crippen molar-refractivity contribution in [2.45, 2.75) is 25.7 Å². The number of hydrogen-bond donors (Lipinski definition) is 2. The molecular formula is C21H24N4O. The molecule has 0 radical (unpaired) electrons. The Balaban J connectivity index is 1.93. The van der Waals surface area contributed by atoms with Gasteiger partial charge in [-0.2, -0.15) is 0 Å². The number of ketones is 1. The molecule has 1 unspecified atom stereocenters. The maximum Gasteiger partial charge on any atom is 0.193 e. The molecule has 5 heteroatoms. The molecule has 1 heterocycles. The van der Waals surface area contributed by atoms with Crippen molar-refractivity contribution in [3.8, 4) is 0 Å². The topological polar surface area (TPSA) is 80.9 Å². The summed E-state index contributed by atoms with van der Waals surface area (Å²) in [6, 6.07) is 12.4. The van der Waals surface area contributed by atoms with Crippen LogP contribution < -0.4 is 11.1 Å². The fourth-order valence-electron chi connectivity index (χ4n) is 3.04. The van der Waals surface area contributed by atoms with Crippen molar-refractivity contribution >= 4 is 22.5 Å². The molecule has 0 fully saturated rings. The summed E-state index contributed by atoms with van der Waals surface area (Å²) in [5.41, 5.74) is 10.1. The zero-order chi connectivity index (χ0) is 18.5. The molecule has 134 valence electrons. The van der Waals surface area contributed by atoms with Crippen LogP contribution in [0.15, 0.2) is 48.7 Å². The van der Waals surface area contributed by atoms with E-state index in [2.05, 4.69) is 17.2 Å². The summed E-state index contributed by atoms with van der Waals surface area (Å²) in [5.74, 6) is 0.317. The average molecular weight is 348 g/mol. The number of aromatic nitrogens is 2. The van der Waals surface area contributed by atoms with Gasteiger partial charge in [0.1, 0.15) is 0 Å². The summed E-state index contributed by atoms with van der Waals surface area (Å²) >= 11 is 0. The van der Waals surface area contributed by atoms with E-state index in [0.717, 1.165) is 36.1 Å². The predicted molar refractivity (Wildman–Crippen MR) is 105 cm³/mol. The molecule has 1 aromatic heterocycles. The van der Waals surface area contributed by atoms with Gasteiger partial charge in [-0.05, 0) is 68.9 Å². The van der Waals surface area contributed by atoms with E-state index in [1.165, 1.54) is 0 Å². The standard InChI is InChI=1S/C21H24N4O/c1-3-14(10-11-23-2)20-13-24-18-9-6-16(12-19(18)25-20)21(26)15-4-7-17(22)8-5-15/h4-9,12-14,23H,3,10-11,22H2,1-2H3. The van der Waals surface area contributed by atoms with Crippen molar-refractivity contribution in [2.75, 3.05) is 19.3 Å². The van der Waals surface area contributed by atoms with Gasteiger partial charge in [0.2, 0.25) is 0 Å². The van der Waals surface area contributed by atoms with Crippen LogP contribution in [0.3, 0.4) is 0 Å². The van der Waals surface area contributed by atoms with Gasteiger partial charge in [-0.1, -0.05) is 6.92 Å². The number of benzene rings is 2. The summed E-state index contributed by atoms with van der Waals surface area (Å²) < 4.78 is 0. The van der Waals surface area contributed by atoms with Gasteiger partial charge in [0, 0.05) is 28.9 Å². The fraction of sp³-hybridized carbons (Fsp3) is 0.286. The van der Waals surface area contributed by atoms with E-state index >= 15 is 0 Å². The third kappa shape index (κ3) is 3.89. The van der Waals surface area contributed by atoms with Crippen LogP contribution in [0.4, 0.5) is 5.69 Å². The Morgan fingerprint density at radius 2 is 1.85 bits per heavy atom. The van der Waals surface area contributed by atoms with Gasteiger partial charge in [-0.3, -0.25) is 9.78 Å². The van der Waals surface area contributed by atoms with E-state index in [-0.39, 0.29) is 5.78 Å². The number of carbonyl (C=O) groups is 1. The Bertz CT molecular complexity index is 906. The molecule has 2 aromatic carbocycles. The van der Waals surface area contributed by atoms with E-state index in [1.54, 1.807) is 30.3 Å². The van der Waals surface area contributed by atoms with E-state index in [9.17, 15) is 4.79 Å². The first kappa shape index (κ1) is 18.0. The van der Waals surface area contributed by atoms with Crippen molar-refractivity contribution in [3.63, 3.8) is 0 Å². The van der Waals surface area contributed by atoms with E-state index in [1.807, 2.05) is 25.4 Å². The van der Waals surface area contributed by atoms with Crippen LogP contribution in [0, 0.1) is 0 Å². The Kier molecular flexibility index (Phi) is 5.58. The highest BCUT2D eigenvalue weighted by Crippen LogP contribution is 2.23. The first-order valence-corrected chi connectivity index (χ1v) is 8.94. The average Bonchev–Trinajstić information content (AvgIpc) is 2.68. The minimum atomic E-state index is -0.0404. The highest BCUT2D eigenvalue weighted by Gasteiger charge is 2.14. The molecule has 0 amide bonds. The second-order valence-corrected chi connectivity index (χ2v) is 6.45. The molecule has 0 aliphatic heterocycles. The summed E-state index contributed by atoms with van der Waals surface area (Å²) in [6.07, 6.45) is 3.87. The third-order valence-corrected chi connectivity index (χ3v) is 4.65. The number of nitrogen functional groups attached to an aromatic ring is 1. The van der Waals surface area contributed by atoms with Crippen molar-refractivity contribution < 1.29 is 4.79 Å². The highest BCUT2D eigenvalue weighted by molar-refractivity contribution is 6.10. The number of hydrogen-bond acceptors (Lipinski definition) is 5. The summed E-state index contributed by atoms with van der Waals surface area (Å²) in [4.78, 5) is 22.0. The molecule has 0 saturated heterocycles. The number of nitrogens with zero attached hydrogens (tertiary/aromatic N) is 2. The van der Waals surface area contributed by atoms with Crippen LogP contribution >= 0.6 is 0 Å². The molecule has 5 nitrogen and oxygen atoms in total. The van der Waals surface area contributed by atoms with Crippen LogP contribution in [-0.4, -0.2) is 29.3 Å². The minimum Gasteiger partial charge on any atom is -0.399 e. The van der Waals surface area contributed by atoms with Crippen molar-refractivity contribution in [2.24, 2.45) is 0 Å². The van der Waals surface area contributed by atoms with E-state index in [4.69, 9.17) is 10.7 Å². The molecule has 0 aliphatic carbocycles. The van der Waals surface area contributed by atoms with Crippen molar-refractivity contribution in [1.29, 1.82) is 0 Å². The first-order chi connectivity index (χ1) is 12.6. The molecule has 26 heavy (non-hydrogen) atoms. The number of fused-ring (bicyclic) bond motifs is 1. The second kappa shape index (κ2) is 8.06. The monoisotopic (exact) mass is 348 g/mol. The maximum atomic E-state index is 12.7. The Morgan fingerprint density at radius 1 is 1.12 bits per heavy atom. The van der Waals surface area contributed by atoms with Crippen molar-refractivity contribution in [1.82, 2.24) is 15.3 Å². The van der Waals surface area contributed by atoms with E-state index in [0.29, 0.717) is 22.7 Å². The Morgan fingerprint density at radius 3 is 2.54 bits per heavy atom. The smallest absolute Gasteiger partial charge is 0.193 e. The molecule has 3 N–H and O–H groups in total. The van der Waals surface area contributed by atoms with Gasteiger partial charge in [0.05, 0.1) is 16.7 Å². The molecule has 0 spiro atoms. The Labute approximate surface area is 153 Å². The van der Waals surface area contributed by atoms with Gasteiger partial charge in [0.25, 0.3) is 0 Å². The Hall–Kier alpha value is -2.79. The van der Waals surface area contributed by atoms with Gasteiger partial charge >= 0.3 is 0 Å². The van der Waals surface area contributed by atoms with Gasteiger partial charge in [0.15, 0.2) is 5.78 Å². The molecule has 3 aromatic rings. The summed E-state index contributed by atoms with van der Waals surface area (Å²) in [5, 5.41) is 3.18. The van der Waals surface area contributed by atoms with Gasteiger partial charge in [-0.15, -0.1) is 0 Å². The molecule has 0 aliphatic rings. The molecular weight excluding hydrogens is 324 g/mol. The third-order valence-electron chi connectivity index (χ3n) is 4.65. The van der Waals surface area contributed by atoms with E-state index < -0.39 is 0 Å². The van der Waals surface area contributed by atoms with Crippen molar-refractivity contribution in [3.05, 3.63) is 65.5 Å². The number of anilines is 1. The largest absolute Gasteiger partial charge is 0.399 e. The number of rotatable bonds is 7. The van der Waals surface area contributed by atoms with Crippen LogP contribution in [0.1, 0.15) is 47.3 Å². The first-order valence-electron chi connectivity index (χ1n) is 8.94. The lowest BCUT2D eigenvalue weighted by Gasteiger charge is -2.14. The number of carbonyl (C=O) groups excluding carboxylic acids is 1. The zero-order valence-corrected chi connectivity index (χ0v) is 15.2. The summed E-state index contributed by atoms with van der Waals surface area (Å²) in [6.45, 7) is 3.10. The van der Waals surface area contributed by atoms with Gasteiger partial charge < -0.3 is 11.1 Å². The SMILES string of the molecule is CCC(CCNC)c1cnc2ccc(C(=O)c3ccc(N)cc3)cc2n1. The van der Waals surface area contributed by atoms with Crippen LogP contribution in [0.25, 0.3) is 11.0 Å². The lowest BCUT2D eigenvalue weighted by molar-refractivity contribution is 0.103.